The highest BCUT2D eigenvalue weighted by atomic mass is 16.2. The van der Waals surface area contributed by atoms with Crippen LogP contribution in [0, 0.1) is 5.92 Å². The van der Waals surface area contributed by atoms with Gasteiger partial charge in [0.15, 0.2) is 23.1 Å². The number of nitrogen functional groups attached to an aromatic ring is 1. The molecule has 0 saturated heterocycles. The molecule has 0 heterocycles. The number of Topliss-reactive ketones (excluding diaryl/α,β-unsaturated/α-hetero) is 4. The van der Waals surface area contributed by atoms with Gasteiger partial charge >= 0.3 is 0 Å². The van der Waals surface area contributed by atoms with Crippen molar-refractivity contribution in [1.82, 2.24) is 0 Å². The van der Waals surface area contributed by atoms with Gasteiger partial charge in [0.2, 0.25) is 0 Å². The summed E-state index contributed by atoms with van der Waals surface area (Å²) in [7, 11) is 0. The first-order chi connectivity index (χ1) is 16.4. The Morgan fingerprint density at radius 1 is 0.765 bits per heavy atom. The van der Waals surface area contributed by atoms with Gasteiger partial charge in [-0.2, -0.15) is 0 Å². The molecule has 6 nitrogen and oxygen atoms in total. The maximum absolute atomic E-state index is 13.9. The fourth-order valence-corrected chi connectivity index (χ4v) is 4.75. The number of carbonyl (C=O) groups excluding carboxylic acids is 4. The molecule has 0 fully saturated rings. The van der Waals surface area contributed by atoms with E-state index in [2.05, 4.69) is 0 Å². The number of benzene rings is 3. The van der Waals surface area contributed by atoms with Crippen molar-refractivity contribution < 1.29 is 19.2 Å². The van der Waals surface area contributed by atoms with Gasteiger partial charge in [0.1, 0.15) is 5.54 Å². The van der Waals surface area contributed by atoms with E-state index in [1.54, 1.807) is 66.7 Å². The second kappa shape index (κ2) is 7.86. The molecule has 0 radical (unpaired) electrons. The molecule has 0 bridgehead atoms. The Labute approximate surface area is 195 Å². The first-order valence-electron chi connectivity index (χ1n) is 10.7. The molecule has 2 unspecified atom stereocenters. The zero-order chi connectivity index (χ0) is 24.0. The summed E-state index contributed by atoms with van der Waals surface area (Å²) in [6, 6.07) is 21.2. The second-order valence-corrected chi connectivity index (χ2v) is 8.35. The van der Waals surface area contributed by atoms with E-state index in [1.807, 2.05) is 0 Å². The SMILES string of the molecule is Nc1cccc2c1C(=O)C1=C(C2=O)C(N)(C(=O)c2ccccc2)C(C(=O)c2ccccc2)C=C1. The molecular formula is C28H20N2O4. The predicted molar refractivity (Wildman–Crippen MR) is 128 cm³/mol. The summed E-state index contributed by atoms with van der Waals surface area (Å²) in [5.74, 6) is -3.32. The van der Waals surface area contributed by atoms with Crippen LogP contribution < -0.4 is 11.5 Å². The van der Waals surface area contributed by atoms with Crippen LogP contribution in [0.5, 0.6) is 0 Å². The minimum atomic E-state index is -2.09. The molecule has 0 amide bonds. The van der Waals surface area contributed by atoms with Crippen LogP contribution in [0.15, 0.2) is 102 Å². The smallest absolute Gasteiger partial charge is 0.196 e. The summed E-state index contributed by atoms with van der Waals surface area (Å²) in [5, 5.41) is 0. The van der Waals surface area contributed by atoms with Crippen molar-refractivity contribution in [3.8, 4) is 0 Å². The van der Waals surface area contributed by atoms with E-state index in [1.165, 1.54) is 24.3 Å². The number of carbonyl (C=O) groups is 4. The van der Waals surface area contributed by atoms with E-state index in [4.69, 9.17) is 11.5 Å². The van der Waals surface area contributed by atoms with Gasteiger partial charge in [-0.05, 0) is 6.07 Å². The minimum Gasteiger partial charge on any atom is -0.398 e. The van der Waals surface area contributed by atoms with Gasteiger partial charge in [-0.1, -0.05) is 84.9 Å². The van der Waals surface area contributed by atoms with E-state index in [0.29, 0.717) is 5.56 Å². The van der Waals surface area contributed by atoms with Crippen molar-refractivity contribution in [1.29, 1.82) is 0 Å². The van der Waals surface area contributed by atoms with Crippen molar-refractivity contribution in [2.24, 2.45) is 11.7 Å². The largest absolute Gasteiger partial charge is 0.398 e. The Kier molecular flexibility index (Phi) is 4.96. The summed E-state index contributed by atoms with van der Waals surface area (Å²) >= 11 is 0. The maximum Gasteiger partial charge on any atom is 0.196 e. The van der Waals surface area contributed by atoms with E-state index < -0.39 is 34.6 Å². The van der Waals surface area contributed by atoms with Crippen molar-refractivity contribution in [2.75, 3.05) is 5.73 Å². The summed E-state index contributed by atoms with van der Waals surface area (Å²) in [4.78, 5) is 54.7. The third-order valence-corrected chi connectivity index (χ3v) is 6.42. The van der Waals surface area contributed by atoms with Gasteiger partial charge in [-0.25, -0.2) is 0 Å². The summed E-state index contributed by atoms with van der Waals surface area (Å²) < 4.78 is 0. The van der Waals surface area contributed by atoms with Crippen LogP contribution in [0.1, 0.15) is 41.4 Å². The molecule has 6 heteroatoms. The van der Waals surface area contributed by atoms with Gasteiger partial charge in [-0.15, -0.1) is 0 Å². The van der Waals surface area contributed by atoms with Crippen molar-refractivity contribution in [3.63, 3.8) is 0 Å². The highest BCUT2D eigenvalue weighted by Gasteiger charge is 2.55. The molecular weight excluding hydrogens is 428 g/mol. The van der Waals surface area contributed by atoms with Gasteiger partial charge in [0.25, 0.3) is 0 Å². The third kappa shape index (κ3) is 3.00. The average molecular weight is 448 g/mol. The van der Waals surface area contributed by atoms with Crippen molar-refractivity contribution in [2.45, 2.75) is 5.54 Å². The lowest BCUT2D eigenvalue weighted by atomic mass is 9.62. The van der Waals surface area contributed by atoms with Crippen LogP contribution in [0.4, 0.5) is 5.69 Å². The van der Waals surface area contributed by atoms with Gasteiger partial charge < -0.3 is 11.5 Å². The van der Waals surface area contributed by atoms with Crippen LogP contribution in [-0.2, 0) is 0 Å². The second-order valence-electron chi connectivity index (χ2n) is 8.35. The molecule has 0 saturated carbocycles. The van der Waals surface area contributed by atoms with Crippen LogP contribution in [0.25, 0.3) is 0 Å². The fourth-order valence-electron chi connectivity index (χ4n) is 4.75. The Morgan fingerprint density at radius 3 is 2.03 bits per heavy atom. The van der Waals surface area contributed by atoms with E-state index in [-0.39, 0.29) is 33.5 Å². The number of hydrogen-bond acceptors (Lipinski definition) is 6. The van der Waals surface area contributed by atoms with E-state index in [9.17, 15) is 19.2 Å². The van der Waals surface area contributed by atoms with Crippen molar-refractivity contribution in [3.05, 3.63) is 124 Å². The molecule has 34 heavy (non-hydrogen) atoms. The lowest BCUT2D eigenvalue weighted by Crippen LogP contribution is -2.61. The first kappa shape index (κ1) is 21.4. The number of rotatable bonds is 4. The minimum absolute atomic E-state index is 0.0145. The molecule has 4 N–H and O–H groups in total. The number of anilines is 1. The Hall–Kier alpha value is -4.42. The lowest BCUT2D eigenvalue weighted by molar-refractivity contribution is 0.0768. The summed E-state index contributed by atoms with van der Waals surface area (Å²) in [6.45, 7) is 0. The fraction of sp³-hybridized carbons (Fsp3) is 0.0714. The number of fused-ring (bicyclic) bond motifs is 1. The summed E-state index contributed by atoms with van der Waals surface area (Å²) in [5.41, 5.74) is 11.5. The van der Waals surface area contributed by atoms with Crippen molar-refractivity contribution >= 4 is 28.8 Å². The van der Waals surface area contributed by atoms with Gasteiger partial charge in [-0.3, -0.25) is 19.2 Å². The Balaban J connectivity index is 1.75. The van der Waals surface area contributed by atoms with Crippen LogP contribution in [-0.4, -0.2) is 28.7 Å². The number of ketones is 4. The standard InChI is InChI=1S/C28H20N2O4/c29-21-13-7-12-18-22(21)25(32)19-14-15-20(24(31)16-8-3-1-4-9-16)28(30,23(19)26(18)33)27(34)17-10-5-2-6-11-17/h1-15,20H,29-30H2. The van der Waals surface area contributed by atoms with Crippen LogP contribution >= 0.6 is 0 Å². The Bertz CT molecular complexity index is 1440. The zero-order valence-electron chi connectivity index (χ0n) is 18.0. The van der Waals surface area contributed by atoms with Gasteiger partial charge in [0, 0.05) is 33.5 Å². The normalized spacial score (nSPS) is 21.1. The molecule has 0 aromatic heterocycles. The third-order valence-electron chi connectivity index (χ3n) is 6.42. The quantitative estimate of drug-likeness (QED) is 0.465. The number of hydrogen-bond donors (Lipinski definition) is 2. The molecule has 3 aromatic carbocycles. The molecule has 0 spiro atoms. The van der Waals surface area contributed by atoms with Crippen LogP contribution in [0.2, 0.25) is 0 Å². The van der Waals surface area contributed by atoms with E-state index in [0.717, 1.165) is 0 Å². The number of nitrogens with two attached hydrogens (primary N) is 2. The molecule has 5 rings (SSSR count). The highest BCUT2D eigenvalue weighted by molar-refractivity contribution is 6.33. The average Bonchev–Trinajstić information content (AvgIpc) is 2.87. The lowest BCUT2D eigenvalue weighted by Gasteiger charge is -2.40. The summed E-state index contributed by atoms with van der Waals surface area (Å²) in [6.07, 6.45) is 2.87. The highest BCUT2D eigenvalue weighted by Crippen LogP contribution is 2.43. The van der Waals surface area contributed by atoms with Gasteiger partial charge in [0.05, 0.1) is 11.5 Å². The van der Waals surface area contributed by atoms with Crippen LogP contribution in [0.3, 0.4) is 0 Å². The molecule has 166 valence electrons. The molecule has 0 aliphatic heterocycles. The Morgan fingerprint density at radius 2 is 1.38 bits per heavy atom. The number of allylic oxidation sites excluding steroid dienone is 2. The topological polar surface area (TPSA) is 120 Å². The monoisotopic (exact) mass is 448 g/mol. The zero-order valence-corrected chi connectivity index (χ0v) is 18.0. The molecule has 2 aliphatic carbocycles. The predicted octanol–water partition coefficient (Wildman–Crippen LogP) is 3.59. The van der Waals surface area contributed by atoms with E-state index >= 15 is 0 Å². The molecule has 2 aliphatic rings. The maximum atomic E-state index is 13.9. The molecule has 2 atom stereocenters. The first-order valence-corrected chi connectivity index (χ1v) is 10.7. The molecule has 3 aromatic rings.